The van der Waals surface area contributed by atoms with E-state index in [1.54, 1.807) is 12.1 Å². The van der Waals surface area contributed by atoms with Gasteiger partial charge >= 0.3 is 0 Å². The predicted octanol–water partition coefficient (Wildman–Crippen LogP) is 3.65. The summed E-state index contributed by atoms with van der Waals surface area (Å²) in [6, 6.07) is 14.9. The van der Waals surface area contributed by atoms with Crippen molar-refractivity contribution in [2.75, 3.05) is 5.32 Å². The lowest BCUT2D eigenvalue weighted by Gasteiger charge is -2.11. The number of fused-ring (bicyclic) bond motifs is 1. The molecule has 3 rings (SSSR count). The van der Waals surface area contributed by atoms with E-state index in [-0.39, 0.29) is 24.4 Å². The summed E-state index contributed by atoms with van der Waals surface area (Å²) in [5.41, 5.74) is 2.42. The first-order chi connectivity index (χ1) is 12.1. The summed E-state index contributed by atoms with van der Waals surface area (Å²) in [6.45, 7) is 2.28. The second-order valence-electron chi connectivity index (χ2n) is 5.74. The molecule has 1 heterocycles. The Hall–Kier alpha value is -2.73. The SMILES string of the molecule is CCc1ccccc1NC(=O)CCn1c(=S)[nH]c2ccccc2c1=O. The normalized spacial score (nSPS) is 10.8. The number of hydrogen-bond donors (Lipinski definition) is 2. The Morgan fingerprint density at radius 3 is 2.68 bits per heavy atom. The van der Waals surface area contributed by atoms with Crippen LogP contribution in [-0.2, 0) is 17.8 Å². The van der Waals surface area contributed by atoms with Crippen LogP contribution in [0.25, 0.3) is 10.9 Å². The van der Waals surface area contributed by atoms with Crippen molar-refractivity contribution >= 4 is 34.7 Å². The van der Waals surface area contributed by atoms with Crippen LogP contribution in [0, 0.1) is 4.77 Å². The van der Waals surface area contributed by atoms with Gasteiger partial charge in [0.25, 0.3) is 5.56 Å². The molecule has 0 radical (unpaired) electrons. The number of carbonyl (C=O) groups excluding carboxylic acids is 1. The van der Waals surface area contributed by atoms with Gasteiger partial charge in [-0.2, -0.15) is 0 Å². The number of amides is 1. The largest absolute Gasteiger partial charge is 0.332 e. The van der Waals surface area contributed by atoms with Gasteiger partial charge in [-0.05, 0) is 42.4 Å². The van der Waals surface area contributed by atoms with E-state index < -0.39 is 0 Å². The smallest absolute Gasteiger partial charge is 0.262 e. The summed E-state index contributed by atoms with van der Waals surface area (Å²) < 4.78 is 1.76. The summed E-state index contributed by atoms with van der Waals surface area (Å²) in [4.78, 5) is 27.9. The maximum atomic E-state index is 12.6. The zero-order valence-electron chi connectivity index (χ0n) is 13.9. The van der Waals surface area contributed by atoms with E-state index in [9.17, 15) is 9.59 Å². The second kappa shape index (κ2) is 7.44. The Balaban J connectivity index is 1.78. The number of anilines is 1. The molecule has 0 unspecified atom stereocenters. The second-order valence-corrected chi connectivity index (χ2v) is 6.13. The van der Waals surface area contributed by atoms with Crippen molar-refractivity contribution in [2.45, 2.75) is 26.3 Å². The number of nitrogens with zero attached hydrogens (tertiary/aromatic N) is 1. The summed E-state index contributed by atoms with van der Waals surface area (Å²) in [6.07, 6.45) is 1.01. The molecule has 2 N–H and O–H groups in total. The van der Waals surface area contributed by atoms with Crippen LogP contribution in [0.2, 0.25) is 0 Å². The number of para-hydroxylation sites is 2. The molecule has 0 bridgehead atoms. The van der Waals surface area contributed by atoms with Crippen LogP contribution in [0.3, 0.4) is 0 Å². The average molecular weight is 353 g/mol. The van der Waals surface area contributed by atoms with E-state index in [4.69, 9.17) is 12.2 Å². The standard InChI is InChI=1S/C19H19N3O2S/c1-2-13-7-3-5-9-15(13)20-17(23)11-12-22-18(24)14-8-4-6-10-16(14)21-19(22)25/h3-10H,2,11-12H2,1H3,(H,20,23)(H,21,25). The molecule has 128 valence electrons. The van der Waals surface area contributed by atoms with E-state index in [1.165, 1.54) is 4.57 Å². The molecular weight excluding hydrogens is 334 g/mol. The van der Waals surface area contributed by atoms with Crippen LogP contribution in [0.1, 0.15) is 18.9 Å². The molecule has 0 fully saturated rings. The average Bonchev–Trinajstić information content (AvgIpc) is 2.62. The van der Waals surface area contributed by atoms with Gasteiger partial charge < -0.3 is 10.3 Å². The molecule has 0 aliphatic rings. The van der Waals surface area contributed by atoms with Crippen molar-refractivity contribution in [2.24, 2.45) is 0 Å². The fourth-order valence-corrected chi connectivity index (χ4v) is 3.06. The van der Waals surface area contributed by atoms with E-state index >= 15 is 0 Å². The molecule has 1 aromatic heterocycles. The zero-order valence-corrected chi connectivity index (χ0v) is 14.7. The van der Waals surface area contributed by atoms with Gasteiger partial charge in [-0.1, -0.05) is 37.3 Å². The maximum Gasteiger partial charge on any atom is 0.262 e. The fourth-order valence-electron chi connectivity index (χ4n) is 2.78. The first-order valence-corrected chi connectivity index (χ1v) is 8.60. The molecule has 0 aliphatic heterocycles. The first-order valence-electron chi connectivity index (χ1n) is 8.19. The Kier molecular flexibility index (Phi) is 5.09. The molecule has 0 atom stereocenters. The fraction of sp³-hybridized carbons (Fsp3) is 0.211. The quantitative estimate of drug-likeness (QED) is 0.688. The van der Waals surface area contributed by atoms with Crippen molar-refractivity contribution in [1.82, 2.24) is 9.55 Å². The highest BCUT2D eigenvalue weighted by Crippen LogP contribution is 2.15. The number of nitrogens with one attached hydrogen (secondary N) is 2. The van der Waals surface area contributed by atoms with Crippen molar-refractivity contribution in [3.63, 3.8) is 0 Å². The van der Waals surface area contributed by atoms with E-state index in [0.717, 1.165) is 17.7 Å². The van der Waals surface area contributed by atoms with Gasteiger partial charge in [-0.15, -0.1) is 0 Å². The van der Waals surface area contributed by atoms with Gasteiger partial charge in [-0.3, -0.25) is 14.2 Å². The molecule has 0 spiro atoms. The molecule has 3 aromatic rings. The number of benzene rings is 2. The Morgan fingerprint density at radius 2 is 1.88 bits per heavy atom. The van der Waals surface area contributed by atoms with Crippen molar-refractivity contribution in [1.29, 1.82) is 0 Å². The topological polar surface area (TPSA) is 66.9 Å². The van der Waals surface area contributed by atoms with Gasteiger partial charge in [0, 0.05) is 18.7 Å². The summed E-state index contributed by atoms with van der Waals surface area (Å²) in [5.74, 6) is -0.143. The van der Waals surface area contributed by atoms with Gasteiger partial charge in [0.2, 0.25) is 5.91 Å². The highest BCUT2D eigenvalue weighted by Gasteiger charge is 2.09. The van der Waals surface area contributed by atoms with Crippen LogP contribution in [0.5, 0.6) is 0 Å². The summed E-state index contributed by atoms with van der Waals surface area (Å²) >= 11 is 5.26. The maximum absolute atomic E-state index is 12.6. The third kappa shape index (κ3) is 3.69. The van der Waals surface area contributed by atoms with Crippen LogP contribution < -0.4 is 10.9 Å². The zero-order chi connectivity index (χ0) is 17.8. The highest BCUT2D eigenvalue weighted by atomic mass is 32.1. The Morgan fingerprint density at radius 1 is 1.16 bits per heavy atom. The Bertz CT molecular complexity index is 1040. The third-order valence-corrected chi connectivity index (χ3v) is 4.45. The number of aryl methyl sites for hydroxylation is 1. The monoisotopic (exact) mass is 353 g/mol. The van der Waals surface area contributed by atoms with Gasteiger partial charge in [0.1, 0.15) is 0 Å². The van der Waals surface area contributed by atoms with Crippen molar-refractivity contribution in [3.05, 3.63) is 69.2 Å². The number of aromatic nitrogens is 2. The lowest BCUT2D eigenvalue weighted by Crippen LogP contribution is -2.25. The number of aromatic amines is 1. The van der Waals surface area contributed by atoms with Crippen molar-refractivity contribution < 1.29 is 4.79 Å². The lowest BCUT2D eigenvalue weighted by molar-refractivity contribution is -0.116. The van der Waals surface area contributed by atoms with Crippen LogP contribution >= 0.6 is 12.2 Å². The number of H-pyrrole nitrogens is 1. The highest BCUT2D eigenvalue weighted by molar-refractivity contribution is 7.71. The summed E-state index contributed by atoms with van der Waals surface area (Å²) in [5, 5.41) is 3.47. The molecule has 5 nitrogen and oxygen atoms in total. The minimum Gasteiger partial charge on any atom is -0.332 e. The number of carbonyl (C=O) groups is 1. The minimum absolute atomic E-state index is 0.143. The van der Waals surface area contributed by atoms with E-state index in [2.05, 4.69) is 10.3 Å². The molecule has 2 aromatic carbocycles. The third-order valence-electron chi connectivity index (χ3n) is 4.12. The number of hydrogen-bond acceptors (Lipinski definition) is 3. The molecule has 6 heteroatoms. The molecular formula is C19H19N3O2S. The van der Waals surface area contributed by atoms with E-state index in [0.29, 0.717) is 15.7 Å². The predicted molar refractivity (Wildman–Crippen MR) is 102 cm³/mol. The summed E-state index contributed by atoms with van der Waals surface area (Å²) in [7, 11) is 0. The van der Waals surface area contributed by atoms with Crippen molar-refractivity contribution in [3.8, 4) is 0 Å². The molecule has 0 saturated heterocycles. The molecule has 0 aliphatic carbocycles. The van der Waals surface area contributed by atoms with Gasteiger partial charge in [-0.25, -0.2) is 0 Å². The van der Waals surface area contributed by atoms with Gasteiger partial charge in [0.15, 0.2) is 4.77 Å². The van der Waals surface area contributed by atoms with Gasteiger partial charge in [0.05, 0.1) is 10.9 Å². The lowest BCUT2D eigenvalue weighted by atomic mass is 10.1. The molecule has 0 saturated carbocycles. The first kappa shape index (κ1) is 17.1. The van der Waals surface area contributed by atoms with E-state index in [1.807, 2.05) is 43.3 Å². The molecule has 25 heavy (non-hydrogen) atoms. The van der Waals surface area contributed by atoms with Crippen LogP contribution in [0.4, 0.5) is 5.69 Å². The minimum atomic E-state index is -0.180. The molecule has 1 amide bonds. The van der Waals surface area contributed by atoms with Crippen LogP contribution in [-0.4, -0.2) is 15.5 Å². The van der Waals surface area contributed by atoms with Crippen LogP contribution in [0.15, 0.2) is 53.3 Å². The number of rotatable bonds is 5. The Labute approximate surface area is 150 Å².